The van der Waals surface area contributed by atoms with E-state index in [1.165, 1.54) is 12.8 Å². The zero-order valence-electron chi connectivity index (χ0n) is 20.5. The smallest absolute Gasteiger partial charge is 0.251 e. The molecule has 5 nitrogen and oxygen atoms in total. The van der Waals surface area contributed by atoms with Gasteiger partial charge in [0.05, 0.1) is 13.7 Å². The van der Waals surface area contributed by atoms with E-state index < -0.39 is 0 Å². The number of anilines is 1. The lowest BCUT2D eigenvalue weighted by atomic mass is 9.94. The molecular formula is C30H34N2O3. The Hall–Kier alpha value is -3.57. The van der Waals surface area contributed by atoms with E-state index in [9.17, 15) is 9.90 Å². The van der Waals surface area contributed by atoms with Crippen molar-refractivity contribution in [3.8, 4) is 5.75 Å². The van der Waals surface area contributed by atoms with E-state index in [0.717, 1.165) is 46.5 Å². The molecule has 3 aromatic carbocycles. The molecule has 3 aromatic rings. The minimum Gasteiger partial charge on any atom is -0.497 e. The first kappa shape index (κ1) is 24.6. The van der Waals surface area contributed by atoms with Gasteiger partial charge < -0.3 is 20.1 Å². The molecular weight excluding hydrogens is 436 g/mol. The maximum Gasteiger partial charge on any atom is 0.251 e. The number of amides is 1. The van der Waals surface area contributed by atoms with Gasteiger partial charge in [-0.25, -0.2) is 0 Å². The molecule has 1 aliphatic carbocycles. The Morgan fingerprint density at radius 2 is 1.77 bits per heavy atom. The van der Waals surface area contributed by atoms with Crippen molar-refractivity contribution < 1.29 is 14.6 Å². The van der Waals surface area contributed by atoms with E-state index in [-0.39, 0.29) is 18.6 Å². The molecule has 0 saturated heterocycles. The average molecular weight is 471 g/mol. The summed E-state index contributed by atoms with van der Waals surface area (Å²) >= 11 is 0. The quantitative estimate of drug-likeness (QED) is 0.438. The lowest BCUT2D eigenvalue weighted by Crippen LogP contribution is -2.32. The summed E-state index contributed by atoms with van der Waals surface area (Å²) in [7, 11) is 3.73. The summed E-state index contributed by atoms with van der Waals surface area (Å²) in [6.45, 7) is 0.603. The lowest BCUT2D eigenvalue weighted by molar-refractivity contribution is 0.0938. The molecule has 1 aliphatic rings. The van der Waals surface area contributed by atoms with Gasteiger partial charge in [-0.2, -0.15) is 0 Å². The zero-order chi connectivity index (χ0) is 24.6. The van der Waals surface area contributed by atoms with Crippen LogP contribution in [0.3, 0.4) is 0 Å². The number of aliphatic hydroxyl groups is 1. The molecule has 0 unspecified atom stereocenters. The molecule has 0 atom stereocenters. The van der Waals surface area contributed by atoms with Crippen molar-refractivity contribution in [2.45, 2.75) is 38.3 Å². The fourth-order valence-electron chi connectivity index (χ4n) is 4.81. The van der Waals surface area contributed by atoms with Crippen LogP contribution in [0.5, 0.6) is 5.75 Å². The van der Waals surface area contributed by atoms with Gasteiger partial charge in [-0.15, -0.1) is 0 Å². The average Bonchev–Trinajstić information content (AvgIpc) is 3.40. The van der Waals surface area contributed by atoms with Gasteiger partial charge in [0.25, 0.3) is 5.91 Å². The summed E-state index contributed by atoms with van der Waals surface area (Å²) in [6.07, 6.45) is 6.26. The van der Waals surface area contributed by atoms with Crippen LogP contribution in [0.2, 0.25) is 0 Å². The number of ether oxygens (including phenoxy) is 1. The summed E-state index contributed by atoms with van der Waals surface area (Å²) in [6, 6.07) is 24.2. The van der Waals surface area contributed by atoms with Gasteiger partial charge >= 0.3 is 0 Å². The predicted octanol–water partition coefficient (Wildman–Crippen LogP) is 5.43. The Morgan fingerprint density at radius 3 is 2.54 bits per heavy atom. The second kappa shape index (κ2) is 11.7. The number of hydrogen-bond acceptors (Lipinski definition) is 4. The number of aliphatic hydroxyl groups excluding tert-OH is 1. The Bertz CT molecular complexity index is 1180. The number of hydrogen-bond donors (Lipinski definition) is 2. The van der Waals surface area contributed by atoms with Crippen LogP contribution >= 0.6 is 0 Å². The van der Waals surface area contributed by atoms with E-state index in [4.69, 9.17) is 4.74 Å². The summed E-state index contributed by atoms with van der Waals surface area (Å²) in [5.74, 6) is 0.795. The predicted molar refractivity (Wildman–Crippen MR) is 142 cm³/mol. The Labute approximate surface area is 208 Å². The number of nitrogens with zero attached hydrogens (tertiary/aromatic N) is 1. The molecule has 5 heteroatoms. The highest BCUT2D eigenvalue weighted by Crippen LogP contribution is 2.33. The molecule has 0 bridgehead atoms. The minimum atomic E-state index is -0.0955. The van der Waals surface area contributed by atoms with Crippen molar-refractivity contribution in [3.63, 3.8) is 0 Å². The summed E-state index contributed by atoms with van der Waals surface area (Å²) < 4.78 is 5.38. The van der Waals surface area contributed by atoms with E-state index in [0.29, 0.717) is 12.1 Å². The molecule has 1 saturated carbocycles. The van der Waals surface area contributed by atoms with E-state index in [1.54, 1.807) is 7.11 Å². The van der Waals surface area contributed by atoms with Gasteiger partial charge in [0.15, 0.2) is 0 Å². The molecule has 1 amide bonds. The van der Waals surface area contributed by atoms with Gasteiger partial charge in [-0.3, -0.25) is 4.79 Å². The monoisotopic (exact) mass is 470 g/mol. The third-order valence-corrected chi connectivity index (χ3v) is 6.58. The molecule has 0 radical (unpaired) electrons. The van der Waals surface area contributed by atoms with Crippen LogP contribution in [0.1, 0.15) is 52.7 Å². The highest BCUT2D eigenvalue weighted by atomic mass is 16.5. The normalized spacial score (nSPS) is 14.1. The third-order valence-electron chi connectivity index (χ3n) is 6.58. The van der Waals surface area contributed by atoms with Crippen molar-refractivity contribution in [1.29, 1.82) is 0 Å². The van der Waals surface area contributed by atoms with E-state index >= 15 is 0 Å². The second-order valence-corrected chi connectivity index (χ2v) is 9.06. The van der Waals surface area contributed by atoms with Gasteiger partial charge in [0, 0.05) is 36.4 Å². The third kappa shape index (κ3) is 6.11. The Morgan fingerprint density at radius 1 is 1.03 bits per heavy atom. The van der Waals surface area contributed by atoms with E-state index in [1.807, 2.05) is 60.7 Å². The van der Waals surface area contributed by atoms with Crippen LogP contribution in [0, 0.1) is 0 Å². The fourth-order valence-corrected chi connectivity index (χ4v) is 4.81. The summed E-state index contributed by atoms with van der Waals surface area (Å²) in [5.41, 5.74) is 5.62. The van der Waals surface area contributed by atoms with Crippen molar-refractivity contribution in [2.75, 3.05) is 25.7 Å². The maximum atomic E-state index is 12.9. The molecule has 4 rings (SSSR count). The number of carbonyl (C=O) groups is 1. The first-order valence-corrected chi connectivity index (χ1v) is 12.2. The van der Waals surface area contributed by atoms with Gasteiger partial charge in [-0.1, -0.05) is 61.4 Å². The molecule has 0 heterocycles. The molecule has 0 aliphatic heterocycles. The fraction of sp³-hybridized carbons (Fsp3) is 0.300. The number of carbonyl (C=O) groups excluding carboxylic acids is 1. The van der Waals surface area contributed by atoms with Crippen LogP contribution in [-0.4, -0.2) is 37.8 Å². The van der Waals surface area contributed by atoms with Crippen LogP contribution in [0.4, 0.5) is 5.69 Å². The van der Waals surface area contributed by atoms with Gasteiger partial charge in [0.2, 0.25) is 0 Å². The number of para-hydroxylation sites is 1. The number of methoxy groups -OCH3 is 1. The molecule has 0 spiro atoms. The van der Waals surface area contributed by atoms with Crippen LogP contribution in [0.25, 0.3) is 5.57 Å². The minimum absolute atomic E-state index is 0.0365. The zero-order valence-corrected chi connectivity index (χ0v) is 20.5. The maximum absolute atomic E-state index is 12.9. The van der Waals surface area contributed by atoms with Crippen molar-refractivity contribution >= 4 is 17.2 Å². The first-order valence-electron chi connectivity index (χ1n) is 12.2. The number of benzene rings is 3. The van der Waals surface area contributed by atoms with Crippen molar-refractivity contribution in [1.82, 2.24) is 5.32 Å². The highest BCUT2D eigenvalue weighted by molar-refractivity contribution is 5.96. The van der Waals surface area contributed by atoms with Crippen molar-refractivity contribution in [3.05, 3.63) is 101 Å². The van der Waals surface area contributed by atoms with Crippen LogP contribution < -0.4 is 15.0 Å². The van der Waals surface area contributed by atoms with Crippen LogP contribution in [-0.2, 0) is 6.54 Å². The van der Waals surface area contributed by atoms with Crippen LogP contribution in [0.15, 0.2) is 78.9 Å². The first-order chi connectivity index (χ1) is 17.1. The number of rotatable bonds is 9. The second-order valence-electron chi connectivity index (χ2n) is 9.06. The topological polar surface area (TPSA) is 61.8 Å². The molecule has 1 fully saturated rings. The standard InChI is InChI=1S/C30H34N2O3/c1-32(21-22-9-7-14-26(19-22)35-2)29-16-6-5-15-28(29)27(17-18-33)23-10-8-11-24(20-23)30(34)31-25-12-3-4-13-25/h5-11,14-17,19-20,25,33H,3-4,12-13,18,21H2,1-2H3,(H,31,34)/b27-17+. The highest BCUT2D eigenvalue weighted by Gasteiger charge is 2.19. The molecule has 182 valence electrons. The van der Waals surface area contributed by atoms with E-state index in [2.05, 4.69) is 35.5 Å². The lowest BCUT2D eigenvalue weighted by Gasteiger charge is -2.24. The van der Waals surface area contributed by atoms with Gasteiger partial charge in [0.1, 0.15) is 5.75 Å². The Balaban J connectivity index is 1.62. The largest absolute Gasteiger partial charge is 0.497 e. The number of nitrogens with one attached hydrogen (secondary N) is 1. The Kier molecular flexibility index (Phi) is 8.22. The summed E-state index contributed by atoms with van der Waals surface area (Å²) in [5, 5.41) is 13.0. The SMILES string of the molecule is COc1cccc(CN(C)c2ccccc2/C(=C/CO)c2cccc(C(=O)NC3CCCC3)c2)c1. The molecule has 35 heavy (non-hydrogen) atoms. The van der Waals surface area contributed by atoms with Crippen molar-refractivity contribution in [2.24, 2.45) is 0 Å². The van der Waals surface area contributed by atoms with Gasteiger partial charge in [-0.05, 0) is 59.9 Å². The molecule has 2 N–H and O–H groups in total. The molecule has 0 aromatic heterocycles. The summed E-state index contributed by atoms with van der Waals surface area (Å²) in [4.78, 5) is 15.1.